The molecule has 5 aromatic carbocycles. The molecule has 4 saturated heterocycles. The molecule has 344 valence electrons. The Hall–Kier alpha value is -8.16. The summed E-state index contributed by atoms with van der Waals surface area (Å²) in [6.07, 6.45) is 8.74. The molecule has 2 aromatic heterocycles. The normalized spacial score (nSPS) is 17.0. The lowest BCUT2D eigenvalue weighted by Gasteiger charge is -2.54. The zero-order valence-corrected chi connectivity index (χ0v) is 39.0. The Balaban J connectivity index is 0.795. The Bertz CT molecular complexity index is 3330. The Morgan fingerprint density at radius 1 is 0.696 bits per heavy atom. The number of H-pyrrole nitrogens is 2. The van der Waals surface area contributed by atoms with Crippen LogP contribution in [0.2, 0.25) is 0 Å². The molecule has 0 radical (unpaired) electrons. The van der Waals surface area contributed by atoms with Crippen molar-refractivity contribution in [1.82, 2.24) is 30.2 Å². The third-order valence-electron chi connectivity index (χ3n) is 15.6. The molecule has 4 aliphatic rings. The second-order valence-corrected chi connectivity index (χ2v) is 19.7. The van der Waals surface area contributed by atoms with Crippen molar-refractivity contribution in [2.75, 3.05) is 67.5 Å². The van der Waals surface area contributed by atoms with Crippen LogP contribution in [0.25, 0.3) is 49.6 Å². The van der Waals surface area contributed by atoms with Gasteiger partial charge >= 0.3 is 0 Å². The van der Waals surface area contributed by atoms with Gasteiger partial charge in [0.2, 0.25) is 5.91 Å². The van der Waals surface area contributed by atoms with Crippen LogP contribution in [0.5, 0.6) is 0 Å². The number of nitriles is 2. The second kappa shape index (κ2) is 16.9. The molecular formula is C56H53N11O2. The van der Waals surface area contributed by atoms with E-state index in [1.807, 2.05) is 76.8 Å². The van der Waals surface area contributed by atoms with Gasteiger partial charge in [-0.1, -0.05) is 49.6 Å². The molecule has 2 amide bonds. The maximum absolute atomic E-state index is 14.1. The zero-order chi connectivity index (χ0) is 47.6. The monoisotopic (exact) mass is 911 g/mol. The topological polar surface area (TPSA) is 164 Å². The fourth-order valence-corrected chi connectivity index (χ4v) is 11.7. The molecule has 13 heteroatoms. The Morgan fingerprint density at radius 3 is 1.87 bits per heavy atom. The zero-order valence-electron chi connectivity index (χ0n) is 39.0. The van der Waals surface area contributed by atoms with Gasteiger partial charge in [0.15, 0.2) is 0 Å². The predicted molar refractivity (Wildman–Crippen MR) is 272 cm³/mol. The van der Waals surface area contributed by atoms with Crippen molar-refractivity contribution in [3.63, 3.8) is 0 Å². The van der Waals surface area contributed by atoms with E-state index in [1.54, 1.807) is 0 Å². The molecule has 0 unspecified atom stereocenters. The van der Waals surface area contributed by atoms with E-state index >= 15 is 0 Å². The number of carbonyl (C=O) groups excluding carboxylic acids is 2. The molecule has 7 aromatic rings. The quantitative estimate of drug-likeness (QED) is 0.120. The van der Waals surface area contributed by atoms with Crippen LogP contribution in [0.15, 0.2) is 110 Å². The first kappa shape index (κ1) is 43.4. The summed E-state index contributed by atoms with van der Waals surface area (Å²) in [5.41, 5.74) is 13.5. The number of carbonyl (C=O) groups is 2. The van der Waals surface area contributed by atoms with Gasteiger partial charge in [-0.05, 0) is 116 Å². The summed E-state index contributed by atoms with van der Waals surface area (Å²) >= 11 is 0. The Morgan fingerprint density at radius 2 is 1.26 bits per heavy atom. The van der Waals surface area contributed by atoms with Crippen molar-refractivity contribution in [1.29, 1.82) is 10.5 Å². The molecule has 4 fully saturated rings. The highest BCUT2D eigenvalue weighted by Gasteiger charge is 2.48. The van der Waals surface area contributed by atoms with Crippen molar-refractivity contribution in [3.05, 3.63) is 138 Å². The maximum Gasteiger partial charge on any atom is 0.253 e. The van der Waals surface area contributed by atoms with Crippen molar-refractivity contribution < 1.29 is 9.59 Å². The van der Waals surface area contributed by atoms with Gasteiger partial charge in [0.25, 0.3) is 5.91 Å². The predicted octanol–water partition coefficient (Wildman–Crippen LogP) is 9.63. The molecule has 6 heterocycles. The molecule has 0 aliphatic carbocycles. The fraction of sp³-hybridized carbons (Fsp3) is 0.286. The lowest BCUT2D eigenvalue weighted by atomic mass is 9.71. The molecule has 2 spiro atoms. The van der Waals surface area contributed by atoms with Gasteiger partial charge in [0.1, 0.15) is 12.1 Å². The van der Waals surface area contributed by atoms with Gasteiger partial charge in [0, 0.05) is 102 Å². The van der Waals surface area contributed by atoms with Crippen LogP contribution in [0.1, 0.15) is 53.5 Å². The van der Waals surface area contributed by atoms with E-state index in [9.17, 15) is 20.1 Å². The number of nitrogens with zero attached hydrogens (tertiary/aromatic N) is 8. The maximum atomic E-state index is 14.1. The first-order chi connectivity index (χ1) is 33.5. The van der Waals surface area contributed by atoms with E-state index in [4.69, 9.17) is 0 Å². The average Bonchev–Trinajstić information content (AvgIpc) is 4.05. The van der Waals surface area contributed by atoms with Crippen molar-refractivity contribution in [2.24, 2.45) is 10.8 Å². The van der Waals surface area contributed by atoms with Crippen LogP contribution in [0, 0.1) is 47.3 Å². The molecule has 0 saturated carbocycles. The summed E-state index contributed by atoms with van der Waals surface area (Å²) < 4.78 is 0. The number of hydrogen-bond donors (Lipinski definition) is 3. The molecule has 11 rings (SSSR count). The van der Waals surface area contributed by atoms with E-state index in [1.165, 1.54) is 6.08 Å². The number of piperidine rings is 2. The van der Waals surface area contributed by atoms with Crippen LogP contribution in [-0.2, 0) is 9.59 Å². The summed E-state index contributed by atoms with van der Waals surface area (Å²) in [4.78, 5) is 34.8. The minimum Gasteiger partial charge on any atom is -0.370 e. The van der Waals surface area contributed by atoms with Gasteiger partial charge in [-0.2, -0.15) is 20.7 Å². The van der Waals surface area contributed by atoms with E-state index in [2.05, 4.69) is 98.9 Å². The number of rotatable bonds is 9. The number of amides is 2. The summed E-state index contributed by atoms with van der Waals surface area (Å²) in [7, 11) is 0. The van der Waals surface area contributed by atoms with E-state index in [-0.39, 0.29) is 22.6 Å². The SMILES string of the molecule is C=CC(=O)N1CC2(CCN(c3ccc(Nc4cccc(C(=C)C(=O)N5CC6(CCN(c7cccc(-c8c(C)ccc9[nH]ncc89)c7C#N)CC6)C5)c4)c(-c4c(C)ccc5[nH]ncc45)c3C#N)CC2)C1. The van der Waals surface area contributed by atoms with E-state index in [0.717, 1.165) is 148 Å². The lowest BCUT2D eigenvalue weighted by molar-refractivity contribution is -0.139. The highest BCUT2D eigenvalue weighted by atomic mass is 16.2. The van der Waals surface area contributed by atoms with Crippen LogP contribution in [0.4, 0.5) is 22.7 Å². The molecule has 13 nitrogen and oxygen atoms in total. The van der Waals surface area contributed by atoms with Gasteiger partial charge in [-0.3, -0.25) is 19.8 Å². The summed E-state index contributed by atoms with van der Waals surface area (Å²) in [6.45, 7) is 18.1. The number of aromatic nitrogens is 4. The standard InChI is InChI=1S/C56H53N11O2/c1-5-50(68)66-31-55(32-66)18-24-65(25-19-55)49-17-16-47(53(42(49)28-58)52-36(3)13-15-46-44(52)30-60-63-46)61-39-9-6-8-38(26-39)37(4)54(69)67-33-56(34-67)20-22-64(23-21-56)48-11-7-10-40(41(48)27-57)51-35(2)12-14-45-43(51)29-59-62-45/h5-17,26,29-30,61H,1,4,18-25,31-34H2,2-3H3,(H,59,62)(H,60,63). The number of aryl methyl sites for hydroxylation is 2. The van der Waals surface area contributed by atoms with Gasteiger partial charge < -0.3 is 24.9 Å². The van der Waals surface area contributed by atoms with Gasteiger partial charge in [0.05, 0.1) is 45.9 Å². The highest BCUT2D eigenvalue weighted by molar-refractivity contribution is 6.19. The molecule has 3 N–H and O–H groups in total. The Kier molecular flexibility index (Phi) is 10.6. The Labute approximate surface area is 401 Å². The number of anilines is 4. The smallest absolute Gasteiger partial charge is 0.253 e. The average molecular weight is 912 g/mol. The number of hydrogen-bond acceptors (Lipinski definition) is 9. The largest absolute Gasteiger partial charge is 0.370 e. The summed E-state index contributed by atoms with van der Waals surface area (Å²) in [5, 5.41) is 42.0. The van der Waals surface area contributed by atoms with E-state index in [0.29, 0.717) is 29.8 Å². The minimum atomic E-state index is -0.0761. The third-order valence-corrected chi connectivity index (χ3v) is 15.6. The number of nitrogens with one attached hydrogen (secondary N) is 3. The van der Waals surface area contributed by atoms with Gasteiger partial charge in [-0.25, -0.2) is 0 Å². The highest BCUT2D eigenvalue weighted by Crippen LogP contribution is 2.48. The van der Waals surface area contributed by atoms with Crippen LogP contribution < -0.4 is 15.1 Å². The molecule has 4 aliphatic heterocycles. The summed E-state index contributed by atoms with van der Waals surface area (Å²) in [5.74, 6) is -0.0930. The second-order valence-electron chi connectivity index (χ2n) is 19.7. The van der Waals surface area contributed by atoms with Crippen LogP contribution in [0.3, 0.4) is 0 Å². The number of benzene rings is 5. The third kappa shape index (κ3) is 7.37. The molecular weight excluding hydrogens is 859 g/mol. The number of likely N-dealkylation sites (tertiary alicyclic amines) is 2. The van der Waals surface area contributed by atoms with Gasteiger partial charge in [-0.15, -0.1) is 0 Å². The first-order valence-electron chi connectivity index (χ1n) is 23.7. The lowest BCUT2D eigenvalue weighted by Crippen LogP contribution is -2.62. The fourth-order valence-electron chi connectivity index (χ4n) is 11.7. The molecule has 0 bridgehead atoms. The minimum absolute atomic E-state index is 0.0168. The van der Waals surface area contributed by atoms with Crippen molar-refractivity contribution in [2.45, 2.75) is 39.5 Å². The van der Waals surface area contributed by atoms with Crippen molar-refractivity contribution >= 4 is 61.9 Å². The van der Waals surface area contributed by atoms with Crippen molar-refractivity contribution in [3.8, 4) is 34.4 Å². The summed E-state index contributed by atoms with van der Waals surface area (Å²) in [6, 6.07) is 31.3. The molecule has 69 heavy (non-hydrogen) atoms. The van der Waals surface area contributed by atoms with E-state index < -0.39 is 0 Å². The number of aromatic amines is 2. The van der Waals surface area contributed by atoms with Crippen LogP contribution >= 0.6 is 0 Å². The number of fused-ring (bicyclic) bond motifs is 2. The first-order valence-corrected chi connectivity index (χ1v) is 23.7. The molecule has 0 atom stereocenters. The van der Waals surface area contributed by atoms with Crippen LogP contribution in [-0.4, -0.2) is 94.4 Å².